The molecule has 1 heterocycles. The number of rotatable bonds is 3. The smallest absolute Gasteiger partial charge is 0.391 e. The second-order valence-corrected chi connectivity index (χ2v) is 5.78. The van der Waals surface area contributed by atoms with E-state index < -0.39 is 35.4 Å². The molecule has 0 bridgehead atoms. The number of ether oxygens (including phenoxy) is 1. The molecule has 3 unspecified atom stereocenters. The largest absolute Gasteiger partial charge is 0.479 e. The van der Waals surface area contributed by atoms with Gasteiger partial charge in [-0.1, -0.05) is 6.42 Å². The third kappa shape index (κ3) is 3.48. The SMILES string of the molecule is O=C(NC1(C(=O)O)CCOC1)C1CCCC(C(F)(F)F)C1. The summed E-state index contributed by atoms with van der Waals surface area (Å²) in [5.41, 5.74) is -1.50. The van der Waals surface area contributed by atoms with Crippen molar-refractivity contribution < 1.29 is 32.6 Å². The van der Waals surface area contributed by atoms with E-state index in [9.17, 15) is 27.9 Å². The van der Waals surface area contributed by atoms with Crippen LogP contribution in [0.5, 0.6) is 0 Å². The number of alkyl halides is 3. The Bertz CT molecular complexity index is 418. The van der Waals surface area contributed by atoms with Crippen LogP contribution in [-0.2, 0) is 14.3 Å². The highest BCUT2D eigenvalue weighted by Gasteiger charge is 2.47. The Hall–Kier alpha value is -1.31. The molecule has 0 aromatic rings. The van der Waals surface area contributed by atoms with E-state index in [0.29, 0.717) is 12.8 Å². The summed E-state index contributed by atoms with van der Waals surface area (Å²) in [7, 11) is 0. The predicted octanol–water partition coefficient (Wildman–Crippen LogP) is 1.71. The molecule has 21 heavy (non-hydrogen) atoms. The number of halogens is 3. The molecule has 1 aliphatic heterocycles. The summed E-state index contributed by atoms with van der Waals surface area (Å²) in [5.74, 6) is -4.10. The van der Waals surface area contributed by atoms with Crippen molar-refractivity contribution in [2.24, 2.45) is 11.8 Å². The van der Waals surface area contributed by atoms with Crippen molar-refractivity contribution in [1.29, 1.82) is 0 Å². The van der Waals surface area contributed by atoms with Crippen LogP contribution in [0.1, 0.15) is 32.1 Å². The number of hydrogen-bond acceptors (Lipinski definition) is 3. The number of carbonyl (C=O) groups excluding carboxylic acids is 1. The first-order valence-corrected chi connectivity index (χ1v) is 6.94. The average molecular weight is 309 g/mol. The molecular weight excluding hydrogens is 291 g/mol. The van der Waals surface area contributed by atoms with Crippen LogP contribution >= 0.6 is 0 Å². The first-order chi connectivity index (χ1) is 9.74. The van der Waals surface area contributed by atoms with Crippen molar-refractivity contribution in [3.05, 3.63) is 0 Å². The molecule has 0 radical (unpaired) electrons. The maximum Gasteiger partial charge on any atom is 0.391 e. The van der Waals surface area contributed by atoms with Crippen molar-refractivity contribution in [2.45, 2.75) is 43.8 Å². The van der Waals surface area contributed by atoms with Crippen molar-refractivity contribution in [3.8, 4) is 0 Å². The zero-order valence-electron chi connectivity index (χ0n) is 11.4. The molecule has 2 aliphatic rings. The van der Waals surface area contributed by atoms with Crippen LogP contribution in [0.3, 0.4) is 0 Å². The summed E-state index contributed by atoms with van der Waals surface area (Å²) in [6.45, 7) is 0.0614. The molecule has 2 rings (SSSR count). The van der Waals surface area contributed by atoms with Gasteiger partial charge in [-0.05, 0) is 19.3 Å². The van der Waals surface area contributed by atoms with E-state index in [1.807, 2.05) is 0 Å². The van der Waals surface area contributed by atoms with E-state index in [1.165, 1.54) is 0 Å². The van der Waals surface area contributed by atoms with Crippen LogP contribution < -0.4 is 5.32 Å². The Morgan fingerprint density at radius 3 is 2.52 bits per heavy atom. The van der Waals surface area contributed by atoms with Gasteiger partial charge in [0.1, 0.15) is 0 Å². The Kier molecular flexibility index (Phi) is 4.46. The fraction of sp³-hybridized carbons (Fsp3) is 0.846. The van der Waals surface area contributed by atoms with Crippen LogP contribution in [0, 0.1) is 11.8 Å². The van der Waals surface area contributed by atoms with E-state index in [-0.39, 0.29) is 32.5 Å². The molecule has 5 nitrogen and oxygen atoms in total. The average Bonchev–Trinajstić information content (AvgIpc) is 2.88. The minimum absolute atomic E-state index is 0.0282. The molecule has 2 fully saturated rings. The molecular formula is C13H18F3NO4. The van der Waals surface area contributed by atoms with E-state index in [2.05, 4.69) is 5.32 Å². The van der Waals surface area contributed by atoms with Crippen LogP contribution in [0.25, 0.3) is 0 Å². The number of carboxylic acid groups (broad SMARTS) is 1. The fourth-order valence-electron chi connectivity index (χ4n) is 2.95. The second kappa shape index (κ2) is 5.82. The van der Waals surface area contributed by atoms with Crippen molar-refractivity contribution in [3.63, 3.8) is 0 Å². The van der Waals surface area contributed by atoms with Gasteiger partial charge in [0.25, 0.3) is 0 Å². The van der Waals surface area contributed by atoms with Crippen molar-refractivity contribution in [2.75, 3.05) is 13.2 Å². The Morgan fingerprint density at radius 2 is 2.00 bits per heavy atom. The van der Waals surface area contributed by atoms with Crippen LogP contribution in [-0.4, -0.2) is 41.9 Å². The molecule has 2 N–H and O–H groups in total. The highest BCUT2D eigenvalue weighted by molar-refractivity contribution is 5.88. The van der Waals surface area contributed by atoms with Gasteiger partial charge in [0.05, 0.1) is 12.5 Å². The van der Waals surface area contributed by atoms with E-state index in [0.717, 1.165) is 0 Å². The third-order valence-corrected chi connectivity index (χ3v) is 4.30. The van der Waals surface area contributed by atoms with Gasteiger partial charge >= 0.3 is 12.1 Å². The second-order valence-electron chi connectivity index (χ2n) is 5.78. The summed E-state index contributed by atoms with van der Waals surface area (Å²) in [4.78, 5) is 23.4. The highest BCUT2D eigenvalue weighted by Crippen LogP contribution is 2.40. The summed E-state index contributed by atoms with van der Waals surface area (Å²) in [6, 6.07) is 0. The molecule has 0 spiro atoms. The lowest BCUT2D eigenvalue weighted by Gasteiger charge is -2.32. The number of amides is 1. The monoisotopic (exact) mass is 309 g/mol. The normalized spacial score (nSPS) is 33.7. The van der Waals surface area contributed by atoms with Gasteiger partial charge in [-0.25, -0.2) is 4.79 Å². The number of aliphatic carboxylic acids is 1. The van der Waals surface area contributed by atoms with Crippen molar-refractivity contribution in [1.82, 2.24) is 5.32 Å². The predicted molar refractivity (Wildman–Crippen MR) is 65.4 cm³/mol. The van der Waals surface area contributed by atoms with Gasteiger partial charge in [-0.3, -0.25) is 4.79 Å². The molecule has 8 heteroatoms. The Balaban J connectivity index is 2.01. The topological polar surface area (TPSA) is 75.6 Å². The van der Waals surface area contributed by atoms with Gasteiger partial charge in [0.2, 0.25) is 5.91 Å². The van der Waals surface area contributed by atoms with Crippen LogP contribution in [0.2, 0.25) is 0 Å². The van der Waals surface area contributed by atoms with Crippen LogP contribution in [0.15, 0.2) is 0 Å². The van der Waals surface area contributed by atoms with Gasteiger partial charge in [0.15, 0.2) is 5.54 Å². The maximum atomic E-state index is 12.7. The van der Waals surface area contributed by atoms with Crippen molar-refractivity contribution >= 4 is 11.9 Å². The Morgan fingerprint density at radius 1 is 1.29 bits per heavy atom. The van der Waals surface area contributed by atoms with E-state index in [1.54, 1.807) is 0 Å². The molecule has 1 saturated heterocycles. The first kappa shape index (κ1) is 16.1. The summed E-state index contributed by atoms with van der Waals surface area (Å²) in [6.07, 6.45) is -3.75. The molecule has 1 aliphatic carbocycles. The molecule has 0 aromatic heterocycles. The first-order valence-electron chi connectivity index (χ1n) is 6.94. The van der Waals surface area contributed by atoms with Gasteiger partial charge in [-0.15, -0.1) is 0 Å². The number of nitrogens with one attached hydrogen (secondary N) is 1. The molecule has 3 atom stereocenters. The molecule has 1 amide bonds. The summed E-state index contributed by atoms with van der Waals surface area (Å²) in [5, 5.41) is 11.6. The highest BCUT2D eigenvalue weighted by atomic mass is 19.4. The van der Waals surface area contributed by atoms with Crippen LogP contribution in [0.4, 0.5) is 13.2 Å². The minimum Gasteiger partial charge on any atom is -0.479 e. The minimum atomic E-state index is -4.31. The summed E-state index contributed by atoms with van der Waals surface area (Å²) >= 11 is 0. The quantitative estimate of drug-likeness (QED) is 0.832. The molecule has 120 valence electrons. The lowest BCUT2D eigenvalue weighted by atomic mass is 9.80. The standard InChI is InChI=1S/C13H18F3NO4/c14-13(15,16)9-3-1-2-8(6-9)10(18)17-12(11(19)20)4-5-21-7-12/h8-9H,1-7H2,(H,17,18)(H,19,20). The zero-order chi connectivity index (χ0) is 15.7. The third-order valence-electron chi connectivity index (χ3n) is 4.30. The van der Waals surface area contributed by atoms with Gasteiger partial charge in [-0.2, -0.15) is 13.2 Å². The lowest BCUT2D eigenvalue weighted by molar-refractivity contribution is -0.186. The van der Waals surface area contributed by atoms with E-state index in [4.69, 9.17) is 4.74 Å². The zero-order valence-corrected chi connectivity index (χ0v) is 11.4. The fourth-order valence-corrected chi connectivity index (χ4v) is 2.95. The number of carbonyl (C=O) groups is 2. The summed E-state index contributed by atoms with van der Waals surface area (Å²) < 4.78 is 43.2. The Labute approximate surface area is 119 Å². The van der Waals surface area contributed by atoms with Gasteiger partial charge < -0.3 is 15.2 Å². The molecule has 1 saturated carbocycles. The van der Waals surface area contributed by atoms with E-state index >= 15 is 0 Å². The number of hydrogen-bond donors (Lipinski definition) is 2. The lowest BCUT2D eigenvalue weighted by Crippen LogP contribution is -2.57. The van der Waals surface area contributed by atoms with Gasteiger partial charge in [0, 0.05) is 18.9 Å². The molecule has 0 aromatic carbocycles. The maximum absolute atomic E-state index is 12.7. The number of carboxylic acids is 1.